The zero-order valence-corrected chi connectivity index (χ0v) is 9.93. The highest BCUT2D eigenvalue weighted by Gasteiger charge is 2.20. The van der Waals surface area contributed by atoms with Crippen molar-refractivity contribution in [2.45, 2.75) is 33.1 Å². The molecule has 1 aromatic rings. The highest BCUT2D eigenvalue weighted by molar-refractivity contribution is 6.30. The second-order valence-electron chi connectivity index (χ2n) is 4.25. The topological polar surface area (TPSA) is 37.8 Å². The lowest BCUT2D eigenvalue weighted by Crippen LogP contribution is -2.07. The summed E-state index contributed by atoms with van der Waals surface area (Å²) in [4.78, 5) is 0. The van der Waals surface area contributed by atoms with Crippen LogP contribution in [0.4, 0.5) is 5.82 Å². The molecule has 0 aromatic carbocycles. The number of anilines is 1. The van der Waals surface area contributed by atoms with E-state index in [0.717, 1.165) is 29.4 Å². The van der Waals surface area contributed by atoms with Gasteiger partial charge < -0.3 is 5.32 Å². The molecule has 1 aliphatic rings. The first-order valence-corrected chi connectivity index (χ1v) is 5.79. The highest BCUT2D eigenvalue weighted by Crippen LogP contribution is 2.32. The lowest BCUT2D eigenvalue weighted by molar-refractivity contribution is 0.755. The molecule has 0 atom stereocenters. The largest absolute Gasteiger partial charge is 0.368 e. The van der Waals surface area contributed by atoms with Gasteiger partial charge in [-0.1, -0.05) is 24.4 Å². The third kappa shape index (κ3) is 2.59. The third-order valence-electron chi connectivity index (χ3n) is 3.01. The van der Waals surface area contributed by atoms with Gasteiger partial charge >= 0.3 is 0 Å². The van der Waals surface area contributed by atoms with Gasteiger partial charge in [-0.3, -0.25) is 0 Å². The first-order valence-electron chi connectivity index (χ1n) is 5.41. The van der Waals surface area contributed by atoms with Gasteiger partial charge in [0, 0.05) is 6.54 Å². The van der Waals surface area contributed by atoms with Crippen molar-refractivity contribution in [3.05, 3.63) is 16.3 Å². The lowest BCUT2D eigenvalue weighted by Gasteiger charge is -2.09. The van der Waals surface area contributed by atoms with Crippen LogP contribution in [0.5, 0.6) is 0 Å². The van der Waals surface area contributed by atoms with Crippen LogP contribution >= 0.6 is 11.6 Å². The summed E-state index contributed by atoms with van der Waals surface area (Å²) in [6.07, 6.45) is 4.03. The van der Waals surface area contributed by atoms with Crippen LogP contribution in [0.1, 0.15) is 30.4 Å². The SMILES string of the molecule is Cc1c(Cl)nnc(NCCC2CC2)c1C. The van der Waals surface area contributed by atoms with Crippen molar-refractivity contribution in [1.29, 1.82) is 0 Å². The molecule has 0 unspecified atom stereocenters. The molecule has 3 nitrogen and oxygen atoms in total. The molecule has 2 rings (SSSR count). The van der Waals surface area contributed by atoms with Crippen LogP contribution in [0.2, 0.25) is 5.15 Å². The Bertz CT molecular complexity index is 361. The minimum Gasteiger partial charge on any atom is -0.368 e. The summed E-state index contributed by atoms with van der Waals surface area (Å²) >= 11 is 5.88. The Morgan fingerprint density at radius 2 is 2.00 bits per heavy atom. The molecule has 1 N–H and O–H groups in total. The maximum atomic E-state index is 5.88. The molecule has 1 fully saturated rings. The predicted molar refractivity (Wildman–Crippen MR) is 62.3 cm³/mol. The second-order valence-corrected chi connectivity index (χ2v) is 4.61. The van der Waals surface area contributed by atoms with Gasteiger partial charge in [0.05, 0.1) is 0 Å². The first-order chi connectivity index (χ1) is 7.18. The van der Waals surface area contributed by atoms with E-state index in [2.05, 4.69) is 15.5 Å². The number of nitrogens with zero attached hydrogens (tertiary/aromatic N) is 2. The zero-order valence-electron chi connectivity index (χ0n) is 9.18. The number of rotatable bonds is 4. The number of aromatic nitrogens is 2. The van der Waals surface area contributed by atoms with Crippen molar-refractivity contribution >= 4 is 17.4 Å². The van der Waals surface area contributed by atoms with Crippen molar-refractivity contribution in [3.8, 4) is 0 Å². The number of hydrogen-bond acceptors (Lipinski definition) is 3. The van der Waals surface area contributed by atoms with Gasteiger partial charge in [-0.2, -0.15) is 0 Å². The molecule has 4 heteroatoms. The van der Waals surface area contributed by atoms with Gasteiger partial charge in [0.2, 0.25) is 0 Å². The van der Waals surface area contributed by atoms with Crippen LogP contribution in [-0.2, 0) is 0 Å². The normalized spacial score (nSPS) is 15.4. The maximum absolute atomic E-state index is 5.88. The summed E-state index contributed by atoms with van der Waals surface area (Å²) < 4.78 is 0. The molecule has 15 heavy (non-hydrogen) atoms. The van der Waals surface area contributed by atoms with Crippen molar-refractivity contribution in [2.24, 2.45) is 5.92 Å². The summed E-state index contributed by atoms with van der Waals surface area (Å²) in [6.45, 7) is 4.98. The molecule has 0 aliphatic heterocycles. The van der Waals surface area contributed by atoms with Gasteiger partial charge in [-0.15, -0.1) is 10.2 Å². The van der Waals surface area contributed by atoms with E-state index in [1.807, 2.05) is 13.8 Å². The van der Waals surface area contributed by atoms with E-state index in [1.54, 1.807) is 0 Å². The van der Waals surface area contributed by atoms with E-state index in [-0.39, 0.29) is 0 Å². The highest BCUT2D eigenvalue weighted by atomic mass is 35.5. The van der Waals surface area contributed by atoms with Crippen LogP contribution < -0.4 is 5.32 Å². The maximum Gasteiger partial charge on any atom is 0.155 e. The third-order valence-corrected chi connectivity index (χ3v) is 3.37. The van der Waals surface area contributed by atoms with Gasteiger partial charge in [0.15, 0.2) is 11.0 Å². The minimum atomic E-state index is 0.500. The van der Waals surface area contributed by atoms with E-state index in [9.17, 15) is 0 Å². The lowest BCUT2D eigenvalue weighted by atomic mass is 10.2. The van der Waals surface area contributed by atoms with Crippen LogP contribution in [0.3, 0.4) is 0 Å². The molecule has 0 amide bonds. The Morgan fingerprint density at radius 3 is 2.67 bits per heavy atom. The Balaban J connectivity index is 1.97. The molecule has 0 spiro atoms. The number of nitrogens with one attached hydrogen (secondary N) is 1. The molecule has 1 aromatic heterocycles. The molecule has 82 valence electrons. The fourth-order valence-corrected chi connectivity index (χ4v) is 1.72. The van der Waals surface area contributed by atoms with E-state index < -0.39 is 0 Å². The van der Waals surface area contributed by atoms with Gasteiger partial charge in [0.25, 0.3) is 0 Å². The second kappa shape index (κ2) is 4.35. The van der Waals surface area contributed by atoms with Crippen LogP contribution in [0.25, 0.3) is 0 Å². The smallest absolute Gasteiger partial charge is 0.155 e. The van der Waals surface area contributed by atoms with Crippen LogP contribution in [0.15, 0.2) is 0 Å². The average molecular weight is 226 g/mol. The molecule has 0 saturated heterocycles. The van der Waals surface area contributed by atoms with Gasteiger partial charge in [-0.05, 0) is 37.3 Å². The molecule has 1 heterocycles. The Kier molecular flexibility index (Phi) is 3.10. The van der Waals surface area contributed by atoms with Crippen molar-refractivity contribution in [3.63, 3.8) is 0 Å². The Labute approximate surface area is 95.2 Å². The van der Waals surface area contributed by atoms with E-state index in [0.29, 0.717) is 5.15 Å². The first kappa shape index (κ1) is 10.7. The molecule has 0 bridgehead atoms. The number of hydrogen-bond donors (Lipinski definition) is 1. The summed E-state index contributed by atoms with van der Waals surface area (Å²) in [5.41, 5.74) is 2.12. The molecule has 1 aliphatic carbocycles. The standard InChI is InChI=1S/C11H16ClN3/c1-7-8(2)11(15-14-10(7)12)13-6-5-9-3-4-9/h9H,3-6H2,1-2H3,(H,13,15). The summed E-state index contributed by atoms with van der Waals surface area (Å²) in [5, 5.41) is 11.8. The molecular formula is C11H16ClN3. The predicted octanol–water partition coefficient (Wildman–Crippen LogP) is 2.96. The monoisotopic (exact) mass is 225 g/mol. The fraction of sp³-hybridized carbons (Fsp3) is 0.636. The van der Waals surface area contributed by atoms with Crippen molar-refractivity contribution in [2.75, 3.05) is 11.9 Å². The quantitative estimate of drug-likeness (QED) is 0.856. The Hall–Kier alpha value is -0.830. The average Bonchev–Trinajstić information content (AvgIpc) is 3.02. The van der Waals surface area contributed by atoms with Crippen molar-refractivity contribution in [1.82, 2.24) is 10.2 Å². The van der Waals surface area contributed by atoms with Gasteiger partial charge in [-0.25, -0.2) is 0 Å². The fourth-order valence-electron chi connectivity index (χ4n) is 1.55. The van der Waals surface area contributed by atoms with E-state index >= 15 is 0 Å². The van der Waals surface area contributed by atoms with Crippen LogP contribution in [0, 0.1) is 19.8 Å². The molecular weight excluding hydrogens is 210 g/mol. The molecule has 1 saturated carbocycles. The van der Waals surface area contributed by atoms with E-state index in [1.165, 1.54) is 19.3 Å². The van der Waals surface area contributed by atoms with E-state index in [4.69, 9.17) is 11.6 Å². The Morgan fingerprint density at radius 1 is 1.27 bits per heavy atom. The zero-order chi connectivity index (χ0) is 10.8. The van der Waals surface area contributed by atoms with Crippen LogP contribution in [-0.4, -0.2) is 16.7 Å². The van der Waals surface area contributed by atoms with Gasteiger partial charge in [0.1, 0.15) is 0 Å². The summed E-state index contributed by atoms with van der Waals surface area (Å²) in [6, 6.07) is 0. The molecule has 0 radical (unpaired) electrons. The summed E-state index contributed by atoms with van der Waals surface area (Å²) in [5.74, 6) is 1.82. The minimum absolute atomic E-state index is 0.500. The summed E-state index contributed by atoms with van der Waals surface area (Å²) in [7, 11) is 0. The van der Waals surface area contributed by atoms with Crippen molar-refractivity contribution < 1.29 is 0 Å². The number of halogens is 1.